The van der Waals surface area contributed by atoms with E-state index in [9.17, 15) is 0 Å². The lowest BCUT2D eigenvalue weighted by Crippen LogP contribution is -1.90. The van der Waals surface area contributed by atoms with Crippen LogP contribution in [0.5, 0.6) is 0 Å². The maximum atomic E-state index is 6.32. The maximum absolute atomic E-state index is 6.32. The highest BCUT2D eigenvalue weighted by molar-refractivity contribution is 7.13. The topological polar surface area (TPSA) is 58.9 Å². The number of thiazole rings is 1. The highest BCUT2D eigenvalue weighted by atomic mass is 35.5. The maximum Gasteiger partial charge on any atom is 0.156 e. The number of nitrogens with one attached hydrogen (secondary N) is 1. The number of pyridine rings is 1. The zero-order chi connectivity index (χ0) is 13.5. The third-order valence-corrected chi connectivity index (χ3v) is 4.12. The number of aromatic nitrogens is 5. The van der Waals surface area contributed by atoms with Crippen LogP contribution < -0.4 is 0 Å². The second kappa shape index (κ2) is 7.99. The molecule has 4 aromatic rings. The minimum atomic E-state index is 0. The molecule has 0 saturated heterocycles. The minimum absolute atomic E-state index is 0. The fourth-order valence-corrected chi connectivity index (χ4v) is 3.02. The minimum Gasteiger partial charge on any atom is -0.296 e. The molecular weight excluding hydrogens is 400 g/mol. The van der Waals surface area contributed by atoms with E-state index in [2.05, 4.69) is 20.2 Å². The van der Waals surface area contributed by atoms with Crippen molar-refractivity contribution in [3.05, 3.63) is 47.5 Å². The molecule has 1 N–H and O–H groups in total. The Balaban J connectivity index is 0.000000882. The Kier molecular flexibility index (Phi) is 6.85. The summed E-state index contributed by atoms with van der Waals surface area (Å²) in [5.41, 5.74) is 3.62. The molecule has 4 rings (SSSR count). The molecule has 0 fully saturated rings. The summed E-state index contributed by atoms with van der Waals surface area (Å²) in [5.74, 6) is 0. The van der Waals surface area contributed by atoms with Crippen LogP contribution in [0, 0.1) is 0 Å². The fraction of sp³-hybridized carbons (Fsp3) is 0. The lowest BCUT2D eigenvalue weighted by Gasteiger charge is -2.04. The van der Waals surface area contributed by atoms with Gasteiger partial charge in [0.05, 0.1) is 17.4 Å². The molecule has 10 heteroatoms. The number of aromatic amines is 1. The van der Waals surface area contributed by atoms with Gasteiger partial charge in [-0.25, -0.2) is 9.97 Å². The third-order valence-electron chi connectivity index (χ3n) is 3.04. The van der Waals surface area contributed by atoms with Crippen LogP contribution >= 0.6 is 60.2 Å². The SMILES string of the molecule is Cl.Cl.Cl.Clc1cc(-c2cn[nH]c2)cn2c(-c3nccs3)cnc12. The van der Waals surface area contributed by atoms with Crippen LogP contribution in [0.3, 0.4) is 0 Å². The van der Waals surface area contributed by atoms with E-state index in [1.165, 1.54) is 0 Å². The van der Waals surface area contributed by atoms with Crippen LogP contribution in [0.15, 0.2) is 42.4 Å². The molecule has 4 heterocycles. The zero-order valence-electron chi connectivity index (χ0n) is 11.3. The normalized spacial score (nSPS) is 9.78. The lowest BCUT2D eigenvalue weighted by atomic mass is 10.2. The second-order valence-electron chi connectivity index (χ2n) is 4.24. The summed E-state index contributed by atoms with van der Waals surface area (Å²) < 4.78 is 1.96. The Morgan fingerprint density at radius 1 is 1.09 bits per heavy atom. The fourth-order valence-electron chi connectivity index (χ4n) is 2.12. The van der Waals surface area contributed by atoms with Crippen molar-refractivity contribution in [3.8, 4) is 21.8 Å². The van der Waals surface area contributed by atoms with Gasteiger partial charge in [0.1, 0.15) is 10.7 Å². The van der Waals surface area contributed by atoms with Crippen molar-refractivity contribution in [2.24, 2.45) is 0 Å². The third kappa shape index (κ3) is 3.46. The predicted octanol–water partition coefficient (Wildman–Crippen LogP) is 4.77. The zero-order valence-corrected chi connectivity index (χ0v) is 15.4. The van der Waals surface area contributed by atoms with Gasteiger partial charge in [-0.1, -0.05) is 11.6 Å². The molecule has 0 bridgehead atoms. The summed E-state index contributed by atoms with van der Waals surface area (Å²) in [6.45, 7) is 0. The number of halogens is 4. The first-order valence-electron chi connectivity index (χ1n) is 5.88. The molecule has 5 nitrogen and oxygen atoms in total. The summed E-state index contributed by atoms with van der Waals surface area (Å²) in [6.07, 6.45) is 9.16. The van der Waals surface area contributed by atoms with Gasteiger partial charge in [0, 0.05) is 35.1 Å². The number of hydrogen-bond donors (Lipinski definition) is 1. The molecule has 0 aliphatic rings. The number of H-pyrrole nitrogens is 1. The molecule has 0 amide bonds. The van der Waals surface area contributed by atoms with Gasteiger partial charge in [-0.3, -0.25) is 9.50 Å². The summed E-state index contributed by atoms with van der Waals surface area (Å²) >= 11 is 7.89. The summed E-state index contributed by atoms with van der Waals surface area (Å²) in [7, 11) is 0. The average Bonchev–Trinajstić information content (AvgIpc) is 3.19. The van der Waals surface area contributed by atoms with Crippen molar-refractivity contribution in [1.82, 2.24) is 24.6 Å². The second-order valence-corrected chi connectivity index (χ2v) is 5.54. The molecule has 0 unspecified atom stereocenters. The molecular formula is C13H11Cl4N5S. The van der Waals surface area contributed by atoms with Gasteiger partial charge in [0.15, 0.2) is 5.65 Å². The molecule has 122 valence electrons. The quantitative estimate of drug-likeness (QED) is 0.517. The van der Waals surface area contributed by atoms with Gasteiger partial charge in [-0.15, -0.1) is 48.6 Å². The number of imidazole rings is 1. The molecule has 0 atom stereocenters. The number of rotatable bonds is 2. The largest absolute Gasteiger partial charge is 0.296 e. The van der Waals surface area contributed by atoms with Crippen LogP contribution in [0.25, 0.3) is 27.5 Å². The summed E-state index contributed by atoms with van der Waals surface area (Å²) in [6, 6.07) is 1.89. The van der Waals surface area contributed by atoms with Crippen LogP contribution in [-0.2, 0) is 0 Å². The Bertz CT molecular complexity index is 873. The first kappa shape index (κ1) is 19.7. The smallest absolute Gasteiger partial charge is 0.156 e. The van der Waals surface area contributed by atoms with Crippen molar-refractivity contribution < 1.29 is 0 Å². The lowest BCUT2D eigenvalue weighted by molar-refractivity contribution is 1.09. The highest BCUT2D eigenvalue weighted by Crippen LogP contribution is 2.30. The highest BCUT2D eigenvalue weighted by Gasteiger charge is 2.12. The Morgan fingerprint density at radius 3 is 2.57 bits per heavy atom. The van der Waals surface area contributed by atoms with Gasteiger partial charge in [-0.05, 0) is 6.07 Å². The molecule has 0 saturated carbocycles. The van der Waals surface area contributed by atoms with Gasteiger partial charge in [-0.2, -0.15) is 5.10 Å². The van der Waals surface area contributed by atoms with E-state index in [-0.39, 0.29) is 37.2 Å². The van der Waals surface area contributed by atoms with Gasteiger partial charge in [0.2, 0.25) is 0 Å². The Morgan fingerprint density at radius 2 is 1.91 bits per heavy atom. The van der Waals surface area contributed by atoms with Crippen LogP contribution in [-0.4, -0.2) is 24.6 Å². The summed E-state index contributed by atoms with van der Waals surface area (Å²) in [5, 5.41) is 10.2. The van der Waals surface area contributed by atoms with E-state index < -0.39 is 0 Å². The predicted molar refractivity (Wildman–Crippen MR) is 101 cm³/mol. The van der Waals surface area contributed by atoms with E-state index >= 15 is 0 Å². The van der Waals surface area contributed by atoms with Gasteiger partial charge >= 0.3 is 0 Å². The molecule has 4 aromatic heterocycles. The van der Waals surface area contributed by atoms with E-state index in [0.29, 0.717) is 5.02 Å². The Labute approximate surface area is 159 Å². The van der Waals surface area contributed by atoms with Gasteiger partial charge in [0.25, 0.3) is 0 Å². The molecule has 0 radical (unpaired) electrons. The molecule has 0 aliphatic heterocycles. The van der Waals surface area contributed by atoms with E-state index in [1.807, 2.05) is 28.2 Å². The Hall–Kier alpha value is -1.31. The molecule has 23 heavy (non-hydrogen) atoms. The average molecular weight is 411 g/mol. The van der Waals surface area contributed by atoms with E-state index in [4.69, 9.17) is 11.6 Å². The number of nitrogens with zero attached hydrogens (tertiary/aromatic N) is 4. The van der Waals surface area contributed by atoms with Crippen LogP contribution in [0.4, 0.5) is 0 Å². The summed E-state index contributed by atoms with van der Waals surface area (Å²) in [4.78, 5) is 8.70. The molecule has 0 aliphatic carbocycles. The van der Waals surface area contributed by atoms with Crippen molar-refractivity contribution in [1.29, 1.82) is 0 Å². The molecule has 0 spiro atoms. The van der Waals surface area contributed by atoms with Gasteiger partial charge < -0.3 is 0 Å². The first-order chi connectivity index (χ1) is 9.83. The van der Waals surface area contributed by atoms with E-state index in [1.54, 1.807) is 29.9 Å². The van der Waals surface area contributed by atoms with Crippen molar-refractivity contribution in [2.75, 3.05) is 0 Å². The monoisotopic (exact) mass is 409 g/mol. The number of fused-ring (bicyclic) bond motifs is 1. The first-order valence-corrected chi connectivity index (χ1v) is 7.14. The van der Waals surface area contributed by atoms with Crippen molar-refractivity contribution in [2.45, 2.75) is 0 Å². The van der Waals surface area contributed by atoms with E-state index in [0.717, 1.165) is 27.5 Å². The molecule has 0 aromatic carbocycles. The van der Waals surface area contributed by atoms with Crippen LogP contribution in [0.2, 0.25) is 5.02 Å². The van der Waals surface area contributed by atoms with Crippen molar-refractivity contribution in [3.63, 3.8) is 0 Å². The standard InChI is InChI=1S/C13H8ClN5S.3ClH/c14-10-3-8(9-4-17-18-5-9)7-19-11(6-16-12(10)19)13-15-1-2-20-13;;;/h1-7H,(H,17,18);3*1H. The number of hydrogen-bond acceptors (Lipinski definition) is 4. The van der Waals surface area contributed by atoms with Crippen LogP contribution in [0.1, 0.15) is 0 Å². The van der Waals surface area contributed by atoms with Crippen molar-refractivity contribution >= 4 is 65.8 Å².